The van der Waals surface area contributed by atoms with Gasteiger partial charge in [-0.3, -0.25) is 9.59 Å². The molecule has 0 aromatic heterocycles. The van der Waals surface area contributed by atoms with Gasteiger partial charge in [-0.05, 0) is 36.8 Å². The van der Waals surface area contributed by atoms with Crippen molar-refractivity contribution in [1.29, 1.82) is 0 Å². The molecule has 21 heavy (non-hydrogen) atoms. The van der Waals surface area contributed by atoms with Crippen LogP contribution in [0.2, 0.25) is 0 Å². The van der Waals surface area contributed by atoms with Crippen LogP contribution in [-0.4, -0.2) is 22.9 Å². The molecular formula is C16H11NO4. The maximum atomic E-state index is 12.4. The number of amides is 2. The second kappa shape index (κ2) is 4.56. The Balaban J connectivity index is 2.20. The van der Waals surface area contributed by atoms with Crippen LogP contribution in [0.15, 0.2) is 42.5 Å². The van der Waals surface area contributed by atoms with E-state index in [1.54, 1.807) is 37.3 Å². The van der Waals surface area contributed by atoms with Crippen molar-refractivity contribution in [2.45, 2.75) is 6.92 Å². The Morgan fingerprint density at radius 2 is 1.57 bits per heavy atom. The lowest BCUT2D eigenvalue weighted by molar-refractivity contribution is 0.0698. The maximum Gasteiger partial charge on any atom is 0.337 e. The summed E-state index contributed by atoms with van der Waals surface area (Å²) in [6.45, 7) is 1.77. The van der Waals surface area contributed by atoms with E-state index in [1.807, 2.05) is 0 Å². The van der Waals surface area contributed by atoms with Crippen LogP contribution in [0.3, 0.4) is 0 Å². The number of carboxylic acids is 1. The van der Waals surface area contributed by atoms with Crippen LogP contribution in [0.1, 0.15) is 36.6 Å². The summed E-state index contributed by atoms with van der Waals surface area (Å²) < 4.78 is 0. The van der Waals surface area contributed by atoms with Gasteiger partial charge in [0.15, 0.2) is 0 Å². The third kappa shape index (κ3) is 1.90. The molecule has 0 aliphatic carbocycles. The molecule has 2 amide bonds. The van der Waals surface area contributed by atoms with Crippen LogP contribution in [-0.2, 0) is 0 Å². The van der Waals surface area contributed by atoms with E-state index in [0.717, 1.165) is 10.5 Å². The fourth-order valence-electron chi connectivity index (χ4n) is 2.42. The van der Waals surface area contributed by atoms with E-state index < -0.39 is 17.8 Å². The van der Waals surface area contributed by atoms with Crippen molar-refractivity contribution in [3.05, 3.63) is 64.7 Å². The summed E-state index contributed by atoms with van der Waals surface area (Å²) in [5, 5.41) is 9.26. The first-order valence-corrected chi connectivity index (χ1v) is 6.32. The van der Waals surface area contributed by atoms with E-state index in [-0.39, 0.29) is 11.3 Å². The number of carbonyl (C=O) groups excluding carboxylic acids is 2. The topological polar surface area (TPSA) is 74.7 Å². The minimum absolute atomic E-state index is 0.0740. The minimum Gasteiger partial charge on any atom is -0.478 e. The molecule has 0 spiro atoms. The Morgan fingerprint density at radius 3 is 2.10 bits per heavy atom. The molecule has 104 valence electrons. The molecule has 1 aliphatic heterocycles. The molecule has 0 saturated heterocycles. The summed E-state index contributed by atoms with van der Waals surface area (Å²) >= 11 is 0. The van der Waals surface area contributed by atoms with Crippen LogP contribution in [0.4, 0.5) is 5.69 Å². The number of aryl methyl sites for hydroxylation is 1. The molecule has 1 N–H and O–H groups in total. The Bertz CT molecular complexity index is 760. The highest BCUT2D eigenvalue weighted by molar-refractivity contribution is 6.35. The number of carboxylic acid groups (broad SMARTS) is 1. The lowest BCUT2D eigenvalue weighted by Crippen LogP contribution is -2.31. The number of rotatable bonds is 2. The van der Waals surface area contributed by atoms with Crippen LogP contribution < -0.4 is 4.90 Å². The van der Waals surface area contributed by atoms with Gasteiger partial charge < -0.3 is 5.11 Å². The zero-order valence-electron chi connectivity index (χ0n) is 11.2. The van der Waals surface area contributed by atoms with Crippen molar-refractivity contribution in [2.24, 2.45) is 0 Å². The summed E-state index contributed by atoms with van der Waals surface area (Å²) in [6, 6.07) is 11.0. The van der Waals surface area contributed by atoms with Gasteiger partial charge in [0.25, 0.3) is 11.8 Å². The van der Waals surface area contributed by atoms with E-state index in [1.165, 1.54) is 12.1 Å². The smallest absolute Gasteiger partial charge is 0.337 e. The number of fused-ring (bicyclic) bond motifs is 1. The zero-order chi connectivity index (χ0) is 15.1. The SMILES string of the molecule is Cc1ccc(C(=O)O)c(N2C(=O)c3ccccc3C2=O)c1. The molecule has 3 rings (SSSR count). The first-order valence-electron chi connectivity index (χ1n) is 6.32. The van der Waals surface area contributed by atoms with Gasteiger partial charge in [0.05, 0.1) is 22.4 Å². The molecule has 5 nitrogen and oxygen atoms in total. The van der Waals surface area contributed by atoms with E-state index in [9.17, 15) is 19.5 Å². The Hall–Kier alpha value is -2.95. The number of aromatic carboxylic acids is 1. The monoisotopic (exact) mass is 281 g/mol. The highest BCUT2D eigenvalue weighted by Crippen LogP contribution is 2.31. The molecule has 5 heteroatoms. The number of carbonyl (C=O) groups is 3. The van der Waals surface area contributed by atoms with Gasteiger partial charge in [0, 0.05) is 0 Å². The van der Waals surface area contributed by atoms with Crippen LogP contribution in [0, 0.1) is 6.92 Å². The molecule has 0 fully saturated rings. The van der Waals surface area contributed by atoms with E-state index in [2.05, 4.69) is 0 Å². The number of hydrogen-bond donors (Lipinski definition) is 1. The average Bonchev–Trinajstić information content (AvgIpc) is 2.71. The van der Waals surface area contributed by atoms with Gasteiger partial charge >= 0.3 is 5.97 Å². The highest BCUT2D eigenvalue weighted by atomic mass is 16.4. The molecule has 1 aliphatic rings. The molecule has 0 saturated carbocycles. The van der Waals surface area contributed by atoms with Crippen LogP contribution >= 0.6 is 0 Å². The van der Waals surface area contributed by atoms with E-state index >= 15 is 0 Å². The quantitative estimate of drug-likeness (QED) is 0.858. The van der Waals surface area contributed by atoms with Crippen molar-refractivity contribution in [3.8, 4) is 0 Å². The van der Waals surface area contributed by atoms with Crippen molar-refractivity contribution in [3.63, 3.8) is 0 Å². The van der Waals surface area contributed by atoms with Gasteiger partial charge in [-0.25, -0.2) is 9.69 Å². The van der Waals surface area contributed by atoms with Gasteiger partial charge in [-0.15, -0.1) is 0 Å². The average molecular weight is 281 g/mol. The predicted octanol–water partition coefficient (Wildman–Crippen LogP) is 2.49. The van der Waals surface area contributed by atoms with Crippen molar-refractivity contribution >= 4 is 23.5 Å². The number of imide groups is 1. The van der Waals surface area contributed by atoms with Gasteiger partial charge in [-0.1, -0.05) is 18.2 Å². The normalized spacial score (nSPS) is 13.5. The number of hydrogen-bond acceptors (Lipinski definition) is 3. The second-order valence-electron chi connectivity index (χ2n) is 4.82. The van der Waals surface area contributed by atoms with E-state index in [4.69, 9.17) is 0 Å². The molecule has 0 radical (unpaired) electrons. The molecule has 0 atom stereocenters. The maximum absolute atomic E-state index is 12.4. The van der Waals surface area contributed by atoms with Crippen molar-refractivity contribution in [2.75, 3.05) is 4.90 Å². The number of benzene rings is 2. The standard InChI is InChI=1S/C16H11NO4/c1-9-6-7-12(16(20)21)13(8-9)17-14(18)10-4-2-3-5-11(10)15(17)19/h2-8H,1H3,(H,20,21). The summed E-state index contributed by atoms with van der Waals surface area (Å²) in [7, 11) is 0. The zero-order valence-corrected chi connectivity index (χ0v) is 11.2. The molecule has 1 heterocycles. The first kappa shape index (κ1) is 13.1. The second-order valence-corrected chi connectivity index (χ2v) is 4.82. The van der Waals surface area contributed by atoms with Crippen LogP contribution in [0.5, 0.6) is 0 Å². The summed E-state index contributed by atoms with van der Waals surface area (Å²) in [6.07, 6.45) is 0. The van der Waals surface area contributed by atoms with Gasteiger partial charge in [0.2, 0.25) is 0 Å². The Labute approximate surface area is 120 Å². The molecule has 2 aromatic rings. The Kier molecular flexibility index (Phi) is 2.83. The fraction of sp³-hybridized carbons (Fsp3) is 0.0625. The van der Waals surface area contributed by atoms with Gasteiger partial charge in [0.1, 0.15) is 0 Å². The molecule has 0 unspecified atom stereocenters. The third-order valence-electron chi connectivity index (χ3n) is 3.42. The molecule has 0 bridgehead atoms. The molecule has 2 aromatic carbocycles. The summed E-state index contributed by atoms with van der Waals surface area (Å²) in [5.41, 5.74) is 1.39. The Morgan fingerprint density at radius 1 is 1.00 bits per heavy atom. The lowest BCUT2D eigenvalue weighted by Gasteiger charge is -2.17. The highest BCUT2D eigenvalue weighted by Gasteiger charge is 2.38. The van der Waals surface area contributed by atoms with Crippen molar-refractivity contribution in [1.82, 2.24) is 0 Å². The number of anilines is 1. The summed E-state index contributed by atoms with van der Waals surface area (Å²) in [5.74, 6) is -2.17. The van der Waals surface area contributed by atoms with Crippen molar-refractivity contribution < 1.29 is 19.5 Å². The predicted molar refractivity (Wildman–Crippen MR) is 75.7 cm³/mol. The number of nitrogens with zero attached hydrogens (tertiary/aromatic N) is 1. The van der Waals surface area contributed by atoms with Crippen LogP contribution in [0.25, 0.3) is 0 Å². The first-order chi connectivity index (χ1) is 10.0. The summed E-state index contributed by atoms with van der Waals surface area (Å²) in [4.78, 5) is 37.1. The minimum atomic E-state index is -1.18. The fourth-order valence-corrected chi connectivity index (χ4v) is 2.42. The van der Waals surface area contributed by atoms with Gasteiger partial charge in [-0.2, -0.15) is 0 Å². The third-order valence-corrected chi connectivity index (χ3v) is 3.42. The molecular weight excluding hydrogens is 270 g/mol. The largest absolute Gasteiger partial charge is 0.478 e. The lowest BCUT2D eigenvalue weighted by atomic mass is 10.1. The van der Waals surface area contributed by atoms with E-state index in [0.29, 0.717) is 11.1 Å².